The number of nitrogens with one attached hydrogen (secondary N) is 2. The molecule has 4 N–H and O–H groups in total. The third kappa shape index (κ3) is 4.14. The Morgan fingerprint density at radius 2 is 2.05 bits per heavy atom. The molecule has 0 saturated heterocycles. The number of thioether (sulfide) groups is 1. The molecule has 0 fully saturated rings. The highest BCUT2D eigenvalue weighted by molar-refractivity contribution is 7.99. The molecule has 2 aromatic rings. The Morgan fingerprint density at radius 1 is 1.32 bits per heavy atom. The van der Waals surface area contributed by atoms with Gasteiger partial charge in [-0.2, -0.15) is 0 Å². The molecule has 0 radical (unpaired) electrons. The zero-order valence-electron chi connectivity index (χ0n) is 9.92. The zero-order chi connectivity index (χ0) is 13.7. The van der Waals surface area contributed by atoms with Crippen molar-refractivity contribution in [2.45, 2.75) is 5.16 Å². The summed E-state index contributed by atoms with van der Waals surface area (Å²) in [6.07, 6.45) is 1.40. The second kappa shape index (κ2) is 6.05. The van der Waals surface area contributed by atoms with E-state index in [-0.39, 0.29) is 17.2 Å². The molecule has 19 heavy (non-hydrogen) atoms. The number of carbonyl (C=O) groups is 1. The molecule has 1 heterocycles. The molecule has 6 nitrogen and oxygen atoms in total. The van der Waals surface area contributed by atoms with E-state index in [9.17, 15) is 9.59 Å². The van der Waals surface area contributed by atoms with Crippen molar-refractivity contribution in [3.63, 3.8) is 0 Å². The predicted octanol–water partition coefficient (Wildman–Crippen LogP) is 1.08. The van der Waals surface area contributed by atoms with E-state index in [2.05, 4.69) is 15.3 Å². The van der Waals surface area contributed by atoms with Crippen LogP contribution in [0.25, 0.3) is 0 Å². The van der Waals surface area contributed by atoms with Crippen molar-refractivity contribution < 1.29 is 4.79 Å². The first-order chi connectivity index (χ1) is 9.13. The summed E-state index contributed by atoms with van der Waals surface area (Å²) in [6.45, 7) is 0. The Labute approximate surface area is 113 Å². The Bertz CT molecular complexity index is 624. The SMILES string of the molecule is Nc1ccc(NC(=O)CSc2nccc(=O)[nH]2)cc1. The number of nitrogens with zero attached hydrogens (tertiary/aromatic N) is 1. The molecule has 0 aliphatic rings. The van der Waals surface area contributed by atoms with Gasteiger partial charge in [-0.25, -0.2) is 4.98 Å². The van der Waals surface area contributed by atoms with Crippen LogP contribution >= 0.6 is 11.8 Å². The molecule has 1 aromatic carbocycles. The maximum absolute atomic E-state index is 11.7. The summed E-state index contributed by atoms with van der Waals surface area (Å²) in [6, 6.07) is 8.18. The van der Waals surface area contributed by atoms with Crippen LogP contribution in [0.1, 0.15) is 0 Å². The molecule has 0 spiro atoms. The summed E-state index contributed by atoms with van der Waals surface area (Å²) in [5.74, 6) is -0.0154. The minimum absolute atomic E-state index is 0.164. The summed E-state index contributed by atoms with van der Waals surface area (Å²) in [5.41, 5.74) is 6.62. The summed E-state index contributed by atoms with van der Waals surface area (Å²) in [7, 11) is 0. The van der Waals surface area contributed by atoms with Gasteiger partial charge in [0.15, 0.2) is 5.16 Å². The fraction of sp³-hybridized carbons (Fsp3) is 0.0833. The van der Waals surface area contributed by atoms with Gasteiger partial charge in [0.1, 0.15) is 0 Å². The standard InChI is InChI=1S/C12H12N4O2S/c13-8-1-3-9(4-2-8)15-11(18)7-19-12-14-6-5-10(17)16-12/h1-6H,7,13H2,(H,15,18)(H,14,16,17). The topological polar surface area (TPSA) is 101 Å². The molecule has 0 aliphatic heterocycles. The minimum Gasteiger partial charge on any atom is -0.399 e. The molecule has 0 atom stereocenters. The maximum atomic E-state index is 11.7. The lowest BCUT2D eigenvalue weighted by atomic mass is 10.3. The molecule has 98 valence electrons. The molecular weight excluding hydrogens is 264 g/mol. The lowest BCUT2D eigenvalue weighted by molar-refractivity contribution is -0.113. The summed E-state index contributed by atoms with van der Waals surface area (Å²) < 4.78 is 0. The fourth-order valence-electron chi connectivity index (χ4n) is 1.32. The van der Waals surface area contributed by atoms with Crippen LogP contribution in [0.15, 0.2) is 46.5 Å². The number of anilines is 2. The van der Waals surface area contributed by atoms with Crippen molar-refractivity contribution in [1.29, 1.82) is 0 Å². The van der Waals surface area contributed by atoms with Crippen molar-refractivity contribution in [2.24, 2.45) is 0 Å². The normalized spacial score (nSPS) is 10.1. The number of benzene rings is 1. The minimum atomic E-state index is -0.239. The molecule has 1 amide bonds. The maximum Gasteiger partial charge on any atom is 0.251 e. The monoisotopic (exact) mass is 276 g/mol. The quantitative estimate of drug-likeness (QED) is 0.441. The van der Waals surface area contributed by atoms with Crippen molar-refractivity contribution in [3.05, 3.63) is 46.9 Å². The summed E-state index contributed by atoms with van der Waals surface area (Å²) >= 11 is 1.16. The smallest absolute Gasteiger partial charge is 0.251 e. The van der Waals surface area contributed by atoms with Crippen LogP contribution in [0, 0.1) is 0 Å². The van der Waals surface area contributed by atoms with Crippen LogP contribution in [0.2, 0.25) is 0 Å². The zero-order valence-corrected chi connectivity index (χ0v) is 10.7. The van der Waals surface area contributed by atoms with E-state index in [0.29, 0.717) is 16.5 Å². The van der Waals surface area contributed by atoms with Gasteiger partial charge >= 0.3 is 0 Å². The number of carbonyl (C=O) groups excluding carboxylic acids is 1. The molecule has 0 unspecified atom stereocenters. The number of aromatic nitrogens is 2. The first-order valence-corrected chi connectivity index (χ1v) is 6.45. The third-order valence-electron chi connectivity index (χ3n) is 2.18. The molecule has 0 aliphatic carbocycles. The van der Waals surface area contributed by atoms with E-state index in [1.165, 1.54) is 12.3 Å². The van der Waals surface area contributed by atoms with Gasteiger partial charge in [-0.05, 0) is 24.3 Å². The average Bonchev–Trinajstić information content (AvgIpc) is 2.39. The highest BCUT2D eigenvalue weighted by Crippen LogP contribution is 2.13. The fourth-order valence-corrected chi connectivity index (χ4v) is 1.97. The van der Waals surface area contributed by atoms with E-state index in [1.54, 1.807) is 24.3 Å². The molecule has 1 aromatic heterocycles. The number of H-pyrrole nitrogens is 1. The van der Waals surface area contributed by atoms with E-state index < -0.39 is 0 Å². The van der Waals surface area contributed by atoms with Gasteiger partial charge in [0.25, 0.3) is 5.56 Å². The number of hydrogen-bond acceptors (Lipinski definition) is 5. The van der Waals surface area contributed by atoms with Crippen molar-refractivity contribution in [3.8, 4) is 0 Å². The van der Waals surface area contributed by atoms with Gasteiger partial charge in [0.2, 0.25) is 5.91 Å². The number of amides is 1. The summed E-state index contributed by atoms with van der Waals surface area (Å²) in [4.78, 5) is 29.2. The third-order valence-corrected chi connectivity index (χ3v) is 3.07. The predicted molar refractivity (Wildman–Crippen MR) is 75.1 cm³/mol. The van der Waals surface area contributed by atoms with Crippen LogP contribution in [0.3, 0.4) is 0 Å². The lowest BCUT2D eigenvalue weighted by Crippen LogP contribution is -2.15. The second-order valence-electron chi connectivity index (χ2n) is 3.70. The Morgan fingerprint density at radius 3 is 2.74 bits per heavy atom. The molecule has 0 bridgehead atoms. The van der Waals surface area contributed by atoms with Crippen molar-refractivity contribution >= 4 is 29.0 Å². The van der Waals surface area contributed by atoms with Gasteiger partial charge in [-0.1, -0.05) is 11.8 Å². The van der Waals surface area contributed by atoms with E-state index in [0.717, 1.165) is 11.8 Å². The molecular formula is C12H12N4O2S. The second-order valence-corrected chi connectivity index (χ2v) is 4.66. The molecule has 0 saturated carbocycles. The van der Waals surface area contributed by atoms with Crippen LogP contribution in [-0.2, 0) is 4.79 Å². The first-order valence-electron chi connectivity index (χ1n) is 5.47. The molecule has 2 rings (SSSR count). The number of hydrogen-bond donors (Lipinski definition) is 3. The Kier molecular flexibility index (Phi) is 4.19. The number of nitrogen functional groups attached to an aromatic ring is 1. The number of aromatic amines is 1. The Balaban J connectivity index is 1.88. The summed E-state index contributed by atoms with van der Waals surface area (Å²) in [5, 5.41) is 3.14. The van der Waals surface area contributed by atoms with E-state index >= 15 is 0 Å². The van der Waals surface area contributed by atoms with E-state index in [1.807, 2.05) is 0 Å². The Hall–Kier alpha value is -2.28. The first kappa shape index (κ1) is 13.2. The van der Waals surface area contributed by atoms with Crippen LogP contribution in [-0.4, -0.2) is 21.6 Å². The van der Waals surface area contributed by atoms with Gasteiger partial charge in [-0.15, -0.1) is 0 Å². The van der Waals surface area contributed by atoms with Gasteiger partial charge in [0, 0.05) is 23.6 Å². The largest absolute Gasteiger partial charge is 0.399 e. The van der Waals surface area contributed by atoms with Crippen LogP contribution in [0.4, 0.5) is 11.4 Å². The van der Waals surface area contributed by atoms with Crippen LogP contribution in [0.5, 0.6) is 0 Å². The van der Waals surface area contributed by atoms with E-state index in [4.69, 9.17) is 5.73 Å². The number of rotatable bonds is 4. The highest BCUT2D eigenvalue weighted by atomic mass is 32.2. The van der Waals surface area contributed by atoms with Gasteiger partial charge in [-0.3, -0.25) is 9.59 Å². The van der Waals surface area contributed by atoms with Gasteiger partial charge < -0.3 is 16.0 Å². The average molecular weight is 276 g/mol. The number of nitrogens with two attached hydrogens (primary N) is 1. The van der Waals surface area contributed by atoms with Crippen molar-refractivity contribution in [1.82, 2.24) is 9.97 Å². The lowest BCUT2D eigenvalue weighted by Gasteiger charge is -2.04. The van der Waals surface area contributed by atoms with Crippen LogP contribution < -0.4 is 16.6 Å². The highest BCUT2D eigenvalue weighted by Gasteiger charge is 2.04. The van der Waals surface area contributed by atoms with Gasteiger partial charge in [0.05, 0.1) is 5.75 Å². The molecule has 7 heteroatoms. The van der Waals surface area contributed by atoms with Crippen molar-refractivity contribution in [2.75, 3.05) is 16.8 Å².